The maximum atomic E-state index is 9.43. The number of hydrogen-bond donors (Lipinski definition) is 8. The molecule has 1 aliphatic rings. The summed E-state index contributed by atoms with van der Waals surface area (Å²) < 4.78 is 24.4. The van der Waals surface area contributed by atoms with Crippen LogP contribution in [0.4, 0.5) is 0 Å². The molecule has 0 aromatic rings. The average Bonchev–Trinajstić information content (AvgIpc) is 2.74. The van der Waals surface area contributed by atoms with Gasteiger partial charge in [-0.3, -0.25) is 4.84 Å². The lowest BCUT2D eigenvalue weighted by Gasteiger charge is -2.16. The van der Waals surface area contributed by atoms with E-state index in [1.165, 1.54) is 0 Å². The van der Waals surface area contributed by atoms with Crippen LogP contribution in [0.5, 0.6) is 0 Å². The highest BCUT2D eigenvalue weighted by Gasteiger charge is 2.69. The molecule has 0 spiro atoms. The highest BCUT2D eigenvalue weighted by molar-refractivity contribution is 7.73. The summed E-state index contributed by atoms with van der Waals surface area (Å²) in [6, 6.07) is -0.627. The zero-order chi connectivity index (χ0) is 17.9. The third kappa shape index (κ3) is 7.60. The lowest BCUT2D eigenvalue weighted by atomic mass is 9.96. The van der Waals surface area contributed by atoms with Crippen molar-refractivity contribution in [3.8, 4) is 0 Å². The molecule has 1 fully saturated rings. The van der Waals surface area contributed by atoms with Crippen LogP contribution in [0.25, 0.3) is 0 Å². The molecule has 0 saturated carbocycles. The normalized spacial score (nSPS) is 27.8. The minimum atomic E-state index is -5.20. The molecule has 129 valence electrons. The van der Waals surface area contributed by atoms with Gasteiger partial charge in [-0.2, -0.15) is 34.3 Å². The van der Waals surface area contributed by atoms with Gasteiger partial charge in [-0.1, -0.05) is 0 Å². The molecule has 3 atom stereocenters. The first-order chi connectivity index (χ1) is 10.4. The Morgan fingerprint density at radius 1 is 1.14 bits per heavy atom. The van der Waals surface area contributed by atoms with Gasteiger partial charge in [0, 0.05) is 6.00 Å². The molecule has 0 aromatic heterocycles. The molecular weight excluding hydrogens is 370 g/mol. The standard InChI is InChI=1S/C5H17BNO12P3/c6-5-1-3(17-7)4(16-5)2-15-21(11,12)19-22(13,14)18-20(8,9)10/h3-6,8-14H,1-2,7H2/q+3/t3?,4-,5-/m1/s1/i6T. The number of hydrogen-bond acceptors (Lipinski definition) is 13. The maximum Gasteiger partial charge on any atom is 0.667 e. The van der Waals surface area contributed by atoms with E-state index >= 15 is 0 Å². The second-order valence-corrected chi connectivity index (χ2v) is 8.63. The molecule has 13 nitrogen and oxygen atoms in total. The van der Waals surface area contributed by atoms with E-state index in [0.717, 1.165) is 7.81 Å². The van der Waals surface area contributed by atoms with Crippen molar-refractivity contribution in [2.45, 2.75) is 24.6 Å². The van der Waals surface area contributed by atoms with Gasteiger partial charge in [0.2, 0.25) is 0 Å². The lowest BCUT2D eigenvalue weighted by molar-refractivity contribution is -0.0404. The van der Waals surface area contributed by atoms with Gasteiger partial charge in [-0.15, -0.1) is 4.52 Å². The number of ether oxygens (including phenoxy) is 1. The fourth-order valence-electron chi connectivity index (χ4n) is 1.53. The lowest BCUT2D eigenvalue weighted by Crippen LogP contribution is -2.31. The Bertz CT molecular complexity index is 386. The predicted molar refractivity (Wildman–Crippen MR) is 73.9 cm³/mol. The maximum absolute atomic E-state index is 9.43. The summed E-state index contributed by atoms with van der Waals surface area (Å²) in [5, 5.41) is 0. The molecule has 1 radical (unpaired) electrons. The first-order valence-electron chi connectivity index (χ1n) is 6.01. The largest absolute Gasteiger partial charge is 0.667 e. The van der Waals surface area contributed by atoms with Gasteiger partial charge in [0.05, 0.1) is 8.62 Å². The Kier molecular flexibility index (Phi) is 6.80. The van der Waals surface area contributed by atoms with Crippen LogP contribution < -0.4 is 5.90 Å². The van der Waals surface area contributed by atoms with Crippen LogP contribution in [-0.2, 0) is 22.7 Å². The molecule has 9 N–H and O–H groups in total. The van der Waals surface area contributed by atoms with Crippen LogP contribution in [0.3, 0.4) is 0 Å². The molecular formula is C5H17BNO12P3+3. The van der Waals surface area contributed by atoms with E-state index in [1.54, 1.807) is 0 Å². The molecule has 0 aliphatic carbocycles. The molecule has 1 saturated heterocycles. The summed E-state index contributed by atoms with van der Waals surface area (Å²) in [6.45, 7) is -0.579. The van der Waals surface area contributed by atoms with Gasteiger partial charge in [0.15, 0.2) is 0 Å². The Balaban J connectivity index is 2.54. The van der Waals surface area contributed by atoms with Crippen LogP contribution in [0.2, 0.25) is 0 Å². The van der Waals surface area contributed by atoms with Crippen LogP contribution in [-0.4, -0.2) is 68.2 Å². The number of nitrogens with two attached hydrogens (primary N) is 1. The van der Waals surface area contributed by atoms with Crippen molar-refractivity contribution in [3.05, 3.63) is 0 Å². The minimum absolute atomic E-state index is 0.212. The zero-order valence-electron chi connectivity index (χ0n) is 11.8. The molecule has 0 bridgehead atoms. The molecule has 1 rings (SSSR count). The second kappa shape index (κ2) is 7.81. The van der Waals surface area contributed by atoms with Crippen LogP contribution >= 0.6 is 24.5 Å². The topological polar surface area (TPSA) is 214 Å². The van der Waals surface area contributed by atoms with E-state index in [0.29, 0.717) is 0 Å². The van der Waals surface area contributed by atoms with Crippen molar-refractivity contribution in [2.24, 2.45) is 5.90 Å². The van der Waals surface area contributed by atoms with Crippen molar-refractivity contribution in [1.29, 1.82) is 1.34 Å². The van der Waals surface area contributed by atoms with Crippen molar-refractivity contribution in [2.75, 3.05) is 6.61 Å². The third-order valence-corrected chi connectivity index (χ3v) is 6.15. The van der Waals surface area contributed by atoms with E-state index < -0.39 is 49.3 Å². The quantitative estimate of drug-likeness (QED) is 0.115. The molecule has 22 heavy (non-hydrogen) atoms. The van der Waals surface area contributed by atoms with Crippen LogP contribution in [0.1, 0.15) is 6.42 Å². The molecule has 17 heteroatoms. The summed E-state index contributed by atoms with van der Waals surface area (Å²) in [4.78, 5) is 67.4. The summed E-state index contributed by atoms with van der Waals surface area (Å²) in [5.41, 5.74) is 0. The Morgan fingerprint density at radius 2 is 1.77 bits per heavy atom. The van der Waals surface area contributed by atoms with E-state index in [4.69, 9.17) is 36.4 Å². The smallest absolute Gasteiger partial charge is 0.379 e. The monoisotopic (exact) mass is 389 g/mol. The van der Waals surface area contributed by atoms with Gasteiger partial charge in [0.1, 0.15) is 26.6 Å². The SMILES string of the molecule is [3H][B][C@H]1CC(ON)[C@@H](CO[P+](O)(O)O[P+](O)(O)O[P+](O)(O)O)O1. The van der Waals surface area contributed by atoms with Gasteiger partial charge in [0.25, 0.3) is 0 Å². The molecule has 0 aromatic carbocycles. The highest BCUT2D eigenvalue weighted by Crippen LogP contribution is 2.75. The van der Waals surface area contributed by atoms with E-state index in [2.05, 4.69) is 18.0 Å². The van der Waals surface area contributed by atoms with Crippen molar-refractivity contribution in [1.82, 2.24) is 0 Å². The average molecular weight is 389 g/mol. The fourth-order valence-corrected chi connectivity index (χ4v) is 4.70. The molecule has 1 aliphatic heterocycles. The fraction of sp³-hybridized carbons (Fsp3) is 1.00. The summed E-state index contributed by atoms with van der Waals surface area (Å²) in [5.74, 6) is 5.02. The number of rotatable bonds is 9. The molecule has 1 unspecified atom stereocenters. The van der Waals surface area contributed by atoms with Gasteiger partial charge < -0.3 is 4.74 Å². The Morgan fingerprint density at radius 3 is 2.27 bits per heavy atom. The van der Waals surface area contributed by atoms with E-state index in [9.17, 15) is 9.79 Å². The molecule has 0 amide bonds. The van der Waals surface area contributed by atoms with Crippen molar-refractivity contribution < 1.29 is 57.0 Å². The first-order valence-corrected chi connectivity index (χ1v) is 10.1. The van der Waals surface area contributed by atoms with Crippen molar-refractivity contribution in [3.63, 3.8) is 0 Å². The summed E-state index contributed by atoms with van der Waals surface area (Å²) in [7, 11) is -14.2. The highest BCUT2D eigenvalue weighted by atomic mass is 31.3. The van der Waals surface area contributed by atoms with Gasteiger partial charge >= 0.3 is 24.5 Å². The van der Waals surface area contributed by atoms with Gasteiger partial charge in [-0.25, -0.2) is 5.90 Å². The van der Waals surface area contributed by atoms with Crippen molar-refractivity contribution >= 4 is 32.3 Å². The predicted octanol–water partition coefficient (Wildman–Crippen LogP) is -2.71. The zero-order valence-corrected chi connectivity index (χ0v) is 13.5. The Hall–Kier alpha value is 0.835. The van der Waals surface area contributed by atoms with Crippen LogP contribution in [0.15, 0.2) is 0 Å². The van der Waals surface area contributed by atoms with E-state index in [1.807, 2.05) is 0 Å². The Labute approximate surface area is 128 Å². The minimum Gasteiger partial charge on any atom is -0.379 e. The second-order valence-electron chi connectivity index (χ2n) is 4.08. The summed E-state index contributed by atoms with van der Waals surface area (Å²) in [6.07, 6.45) is -1.43. The third-order valence-electron chi connectivity index (χ3n) is 2.24. The van der Waals surface area contributed by atoms with Crippen LogP contribution in [0, 0.1) is 0 Å². The van der Waals surface area contributed by atoms with E-state index in [-0.39, 0.29) is 6.42 Å². The molecule has 1 heterocycles. The van der Waals surface area contributed by atoms with Gasteiger partial charge in [-0.05, 0) is 7.76 Å². The summed E-state index contributed by atoms with van der Waals surface area (Å²) >= 11 is 0. The first kappa shape index (κ1) is 19.2.